The van der Waals surface area contributed by atoms with Crippen molar-refractivity contribution in [2.45, 2.75) is 32.5 Å². The van der Waals surface area contributed by atoms with Crippen LogP contribution in [0.15, 0.2) is 18.2 Å². The summed E-state index contributed by atoms with van der Waals surface area (Å²) >= 11 is 0. The van der Waals surface area contributed by atoms with Crippen LogP contribution in [-0.4, -0.2) is 48.4 Å². The van der Waals surface area contributed by atoms with Crippen molar-refractivity contribution in [1.82, 2.24) is 4.90 Å². The third kappa shape index (κ3) is 3.29. The molecule has 2 rings (SSSR count). The maximum absolute atomic E-state index is 11.2. The highest BCUT2D eigenvalue weighted by Crippen LogP contribution is 2.22. The van der Waals surface area contributed by atoms with Crippen molar-refractivity contribution in [3.05, 3.63) is 29.3 Å². The molecule has 0 spiro atoms. The lowest BCUT2D eigenvalue weighted by molar-refractivity contribution is -0.0526. The Morgan fingerprint density at radius 3 is 2.90 bits per heavy atom. The van der Waals surface area contributed by atoms with Crippen LogP contribution in [0.4, 0.5) is 0 Å². The molecule has 1 N–H and O–H groups in total. The average molecular weight is 279 g/mol. The maximum atomic E-state index is 11.2. The van der Waals surface area contributed by atoms with Crippen molar-refractivity contribution >= 4 is 5.97 Å². The van der Waals surface area contributed by atoms with Gasteiger partial charge in [0.15, 0.2) is 0 Å². The van der Waals surface area contributed by atoms with Crippen LogP contribution in [0.2, 0.25) is 0 Å². The van der Waals surface area contributed by atoms with Gasteiger partial charge in [0.05, 0.1) is 19.8 Å². The number of hydrogen-bond acceptors (Lipinski definition) is 4. The lowest BCUT2D eigenvalue weighted by Gasteiger charge is -2.36. The van der Waals surface area contributed by atoms with Gasteiger partial charge in [0.25, 0.3) is 0 Å². The number of morpholine rings is 1. The molecule has 1 aliphatic heterocycles. The van der Waals surface area contributed by atoms with E-state index in [1.165, 1.54) is 7.11 Å². The molecule has 1 aliphatic rings. The molecule has 20 heavy (non-hydrogen) atoms. The second-order valence-electron chi connectivity index (χ2n) is 5.26. The normalized spacial score (nSPS) is 23.6. The van der Waals surface area contributed by atoms with Crippen LogP contribution in [0.3, 0.4) is 0 Å². The summed E-state index contributed by atoms with van der Waals surface area (Å²) in [5.74, 6) is -0.572. The first kappa shape index (κ1) is 14.8. The first-order valence-corrected chi connectivity index (χ1v) is 6.77. The van der Waals surface area contributed by atoms with Crippen molar-refractivity contribution in [1.29, 1.82) is 0 Å². The molecule has 0 aliphatic carbocycles. The molecule has 0 saturated carbocycles. The third-order valence-electron chi connectivity index (χ3n) is 3.62. The number of nitrogens with zero attached hydrogens (tertiary/aromatic N) is 1. The number of rotatable bonds is 4. The molecule has 5 heteroatoms. The van der Waals surface area contributed by atoms with Crippen LogP contribution >= 0.6 is 0 Å². The molecule has 1 aromatic carbocycles. The van der Waals surface area contributed by atoms with E-state index in [1.54, 1.807) is 12.1 Å². The highest BCUT2D eigenvalue weighted by molar-refractivity contribution is 5.91. The van der Waals surface area contributed by atoms with Crippen LogP contribution in [0.25, 0.3) is 0 Å². The smallest absolute Gasteiger partial charge is 0.339 e. The van der Waals surface area contributed by atoms with E-state index in [1.807, 2.05) is 6.07 Å². The predicted molar refractivity (Wildman–Crippen MR) is 75.2 cm³/mol. The van der Waals surface area contributed by atoms with E-state index in [4.69, 9.17) is 9.47 Å². The minimum atomic E-state index is -0.966. The first-order valence-electron chi connectivity index (χ1n) is 6.77. The molecule has 1 saturated heterocycles. The van der Waals surface area contributed by atoms with Crippen molar-refractivity contribution in [2.24, 2.45) is 0 Å². The number of carboxylic acids is 1. The first-order chi connectivity index (χ1) is 9.51. The van der Waals surface area contributed by atoms with E-state index in [-0.39, 0.29) is 11.7 Å². The zero-order chi connectivity index (χ0) is 14.7. The Balaban J connectivity index is 2.16. The summed E-state index contributed by atoms with van der Waals surface area (Å²) in [7, 11) is 1.48. The van der Waals surface area contributed by atoms with Gasteiger partial charge in [-0.25, -0.2) is 4.79 Å². The Labute approximate surface area is 119 Å². The van der Waals surface area contributed by atoms with E-state index in [2.05, 4.69) is 18.7 Å². The summed E-state index contributed by atoms with van der Waals surface area (Å²) in [5.41, 5.74) is 1.18. The molecule has 5 nitrogen and oxygen atoms in total. The molecule has 1 heterocycles. The molecule has 110 valence electrons. The Hall–Kier alpha value is -1.59. The van der Waals surface area contributed by atoms with Gasteiger partial charge in [0, 0.05) is 19.1 Å². The number of benzene rings is 1. The zero-order valence-corrected chi connectivity index (χ0v) is 12.1. The van der Waals surface area contributed by atoms with E-state index < -0.39 is 5.97 Å². The van der Waals surface area contributed by atoms with Gasteiger partial charge in [0.2, 0.25) is 0 Å². The standard InChI is InChI=1S/C15H21NO4/c1-10-9-20-11(2)7-16(10)8-12-4-5-14(19-3)13(6-12)15(17)18/h4-6,10-11H,7-9H2,1-3H3,(H,17,18). The van der Waals surface area contributed by atoms with Crippen LogP contribution in [0.5, 0.6) is 5.75 Å². The van der Waals surface area contributed by atoms with Crippen molar-refractivity contribution in [2.75, 3.05) is 20.3 Å². The predicted octanol–water partition coefficient (Wildman–Crippen LogP) is 2.00. The van der Waals surface area contributed by atoms with E-state index >= 15 is 0 Å². The van der Waals surface area contributed by atoms with Gasteiger partial charge in [-0.3, -0.25) is 4.90 Å². The van der Waals surface area contributed by atoms with Gasteiger partial charge in [-0.05, 0) is 31.5 Å². The van der Waals surface area contributed by atoms with Crippen molar-refractivity contribution in [3.8, 4) is 5.75 Å². The zero-order valence-electron chi connectivity index (χ0n) is 12.1. The second-order valence-corrected chi connectivity index (χ2v) is 5.26. The second kappa shape index (κ2) is 6.24. The molecule has 2 atom stereocenters. The van der Waals surface area contributed by atoms with E-state index in [0.29, 0.717) is 18.4 Å². The monoisotopic (exact) mass is 279 g/mol. The summed E-state index contributed by atoms with van der Waals surface area (Å²) in [6.45, 7) is 6.46. The molecule has 2 unspecified atom stereocenters. The summed E-state index contributed by atoms with van der Waals surface area (Å²) < 4.78 is 10.7. The summed E-state index contributed by atoms with van der Waals surface area (Å²) in [4.78, 5) is 13.5. The highest BCUT2D eigenvalue weighted by atomic mass is 16.5. The van der Waals surface area contributed by atoms with Gasteiger partial charge in [-0.1, -0.05) is 6.07 Å². The number of ether oxygens (including phenoxy) is 2. The van der Waals surface area contributed by atoms with E-state index in [9.17, 15) is 9.90 Å². The molecule has 1 fully saturated rings. The lowest BCUT2D eigenvalue weighted by Crippen LogP contribution is -2.46. The molecule has 0 amide bonds. The van der Waals surface area contributed by atoms with Gasteiger partial charge in [0.1, 0.15) is 11.3 Å². The molecular weight excluding hydrogens is 258 g/mol. The molecule has 0 radical (unpaired) electrons. The van der Waals surface area contributed by atoms with Crippen LogP contribution < -0.4 is 4.74 Å². The van der Waals surface area contributed by atoms with Crippen molar-refractivity contribution in [3.63, 3.8) is 0 Å². The number of hydrogen-bond donors (Lipinski definition) is 1. The van der Waals surface area contributed by atoms with E-state index in [0.717, 1.165) is 18.7 Å². The third-order valence-corrected chi connectivity index (χ3v) is 3.62. The van der Waals surface area contributed by atoms with Crippen molar-refractivity contribution < 1.29 is 19.4 Å². The van der Waals surface area contributed by atoms with Gasteiger partial charge >= 0.3 is 5.97 Å². The fraction of sp³-hybridized carbons (Fsp3) is 0.533. The largest absolute Gasteiger partial charge is 0.496 e. The number of carboxylic acid groups (broad SMARTS) is 1. The van der Waals surface area contributed by atoms with Crippen LogP contribution in [0, 0.1) is 0 Å². The quantitative estimate of drug-likeness (QED) is 0.913. The fourth-order valence-corrected chi connectivity index (χ4v) is 2.45. The van der Waals surface area contributed by atoms with Gasteiger partial charge in [-0.15, -0.1) is 0 Å². The Bertz CT molecular complexity index is 489. The van der Waals surface area contributed by atoms with Crippen LogP contribution in [0.1, 0.15) is 29.8 Å². The Morgan fingerprint density at radius 1 is 1.50 bits per heavy atom. The molecular formula is C15H21NO4. The summed E-state index contributed by atoms with van der Waals surface area (Å²) in [6, 6.07) is 5.65. The summed E-state index contributed by atoms with van der Waals surface area (Å²) in [6.07, 6.45) is 0.211. The number of carbonyl (C=O) groups is 1. The van der Waals surface area contributed by atoms with Gasteiger partial charge in [-0.2, -0.15) is 0 Å². The lowest BCUT2D eigenvalue weighted by atomic mass is 10.1. The molecule has 1 aromatic rings. The maximum Gasteiger partial charge on any atom is 0.339 e. The minimum Gasteiger partial charge on any atom is -0.496 e. The Morgan fingerprint density at radius 2 is 2.25 bits per heavy atom. The topological polar surface area (TPSA) is 59.0 Å². The Kier molecular flexibility index (Phi) is 4.62. The fourth-order valence-electron chi connectivity index (χ4n) is 2.45. The minimum absolute atomic E-state index is 0.207. The number of aromatic carboxylic acids is 1. The average Bonchev–Trinajstić information content (AvgIpc) is 2.42. The summed E-state index contributed by atoms with van der Waals surface area (Å²) in [5, 5.41) is 9.21. The molecule has 0 bridgehead atoms. The van der Waals surface area contributed by atoms with Crippen LogP contribution in [-0.2, 0) is 11.3 Å². The molecule has 0 aromatic heterocycles. The number of methoxy groups -OCH3 is 1. The highest BCUT2D eigenvalue weighted by Gasteiger charge is 2.23. The van der Waals surface area contributed by atoms with Gasteiger partial charge < -0.3 is 14.6 Å². The SMILES string of the molecule is COc1ccc(CN2CC(C)OCC2C)cc1C(=O)O.